The molecule has 134 valence electrons. The number of benzene rings is 2. The summed E-state index contributed by atoms with van der Waals surface area (Å²) in [5.74, 6) is 2.17. The van der Waals surface area contributed by atoms with E-state index in [1.165, 1.54) is 16.6 Å². The van der Waals surface area contributed by atoms with Crippen LogP contribution in [0.15, 0.2) is 54.7 Å². The Morgan fingerprint density at radius 1 is 0.923 bits per heavy atom. The second-order valence-corrected chi connectivity index (χ2v) is 6.76. The van der Waals surface area contributed by atoms with Crippen LogP contribution in [0.3, 0.4) is 0 Å². The van der Waals surface area contributed by atoms with Gasteiger partial charge in [-0.1, -0.05) is 12.1 Å². The molecule has 3 aromatic rings. The first-order valence-electron chi connectivity index (χ1n) is 9.10. The molecule has 0 N–H and O–H groups in total. The summed E-state index contributed by atoms with van der Waals surface area (Å²) < 4.78 is 10.8. The summed E-state index contributed by atoms with van der Waals surface area (Å²) in [6.45, 7) is 2.12. The summed E-state index contributed by atoms with van der Waals surface area (Å²) in [4.78, 5) is 6.88. The van der Waals surface area contributed by atoms with Gasteiger partial charge in [-0.25, -0.2) is 0 Å². The lowest BCUT2D eigenvalue weighted by atomic mass is 9.89. The van der Waals surface area contributed by atoms with Crippen LogP contribution in [0.25, 0.3) is 10.9 Å². The molecule has 0 amide bonds. The second kappa shape index (κ2) is 7.24. The summed E-state index contributed by atoms with van der Waals surface area (Å²) in [5, 5.41) is 1.20. The molecule has 0 saturated carbocycles. The van der Waals surface area contributed by atoms with Crippen molar-refractivity contribution >= 4 is 16.6 Å². The van der Waals surface area contributed by atoms with Gasteiger partial charge in [0.15, 0.2) is 11.5 Å². The lowest BCUT2D eigenvalue weighted by Gasteiger charge is -2.34. The molecule has 26 heavy (non-hydrogen) atoms. The normalized spacial score (nSPS) is 15.2. The number of fused-ring (bicyclic) bond motifs is 1. The predicted molar refractivity (Wildman–Crippen MR) is 105 cm³/mol. The minimum absolute atomic E-state index is 0.563. The Labute approximate surface area is 154 Å². The lowest BCUT2D eigenvalue weighted by Crippen LogP contribution is -2.32. The minimum Gasteiger partial charge on any atom is -0.493 e. The molecule has 4 nitrogen and oxygen atoms in total. The number of ether oxygens (including phenoxy) is 2. The summed E-state index contributed by atoms with van der Waals surface area (Å²) in [6, 6.07) is 17.0. The molecular formula is C22H24N2O2. The third kappa shape index (κ3) is 3.19. The van der Waals surface area contributed by atoms with Gasteiger partial charge in [-0.15, -0.1) is 0 Å². The standard InChI is InChI=1S/C22H24N2O2/c1-25-21-8-5-17(15-22(21)26-2)16-9-12-24(13-10-16)19-6-7-20-18(14-19)4-3-11-23-20/h3-8,11,14-16H,9-10,12-13H2,1-2H3. The number of methoxy groups -OCH3 is 2. The van der Waals surface area contributed by atoms with Gasteiger partial charge in [-0.3, -0.25) is 4.98 Å². The van der Waals surface area contributed by atoms with Gasteiger partial charge >= 0.3 is 0 Å². The van der Waals surface area contributed by atoms with Crippen LogP contribution in [0, 0.1) is 0 Å². The summed E-state index contributed by atoms with van der Waals surface area (Å²) in [7, 11) is 3.37. The molecule has 1 aliphatic heterocycles. The predicted octanol–water partition coefficient (Wildman–Crippen LogP) is 4.64. The van der Waals surface area contributed by atoms with Crippen molar-refractivity contribution in [2.45, 2.75) is 18.8 Å². The molecule has 4 heteroatoms. The fourth-order valence-corrected chi connectivity index (χ4v) is 3.84. The fraction of sp³-hybridized carbons (Fsp3) is 0.318. The van der Waals surface area contributed by atoms with Crippen LogP contribution in [-0.4, -0.2) is 32.3 Å². The molecular weight excluding hydrogens is 324 g/mol. The van der Waals surface area contributed by atoms with E-state index in [4.69, 9.17) is 9.47 Å². The molecule has 0 radical (unpaired) electrons. The van der Waals surface area contributed by atoms with Crippen molar-refractivity contribution < 1.29 is 9.47 Å². The van der Waals surface area contributed by atoms with Crippen LogP contribution in [0.4, 0.5) is 5.69 Å². The van der Waals surface area contributed by atoms with Gasteiger partial charge in [-0.05, 0) is 60.7 Å². The third-order valence-electron chi connectivity index (χ3n) is 5.33. The van der Waals surface area contributed by atoms with E-state index in [0.717, 1.165) is 42.9 Å². The SMILES string of the molecule is COc1ccc(C2CCN(c3ccc4ncccc4c3)CC2)cc1OC. The molecule has 0 atom stereocenters. The Bertz CT molecular complexity index is 902. The quantitative estimate of drug-likeness (QED) is 0.688. The highest BCUT2D eigenvalue weighted by molar-refractivity contribution is 5.82. The van der Waals surface area contributed by atoms with Crippen LogP contribution in [0.5, 0.6) is 11.5 Å². The van der Waals surface area contributed by atoms with Gasteiger partial charge in [0.05, 0.1) is 19.7 Å². The Kier molecular flexibility index (Phi) is 4.65. The van der Waals surface area contributed by atoms with Crippen molar-refractivity contribution in [2.75, 3.05) is 32.2 Å². The van der Waals surface area contributed by atoms with Crippen LogP contribution < -0.4 is 14.4 Å². The van der Waals surface area contributed by atoms with Crippen molar-refractivity contribution in [2.24, 2.45) is 0 Å². The maximum absolute atomic E-state index is 5.46. The molecule has 0 unspecified atom stereocenters. The van der Waals surface area contributed by atoms with Crippen molar-refractivity contribution in [3.63, 3.8) is 0 Å². The van der Waals surface area contributed by atoms with Crippen molar-refractivity contribution in [3.8, 4) is 11.5 Å². The van der Waals surface area contributed by atoms with Gasteiger partial charge in [0.1, 0.15) is 0 Å². The number of anilines is 1. The van der Waals surface area contributed by atoms with E-state index in [1.54, 1.807) is 14.2 Å². The van der Waals surface area contributed by atoms with Crippen LogP contribution in [-0.2, 0) is 0 Å². The number of rotatable bonds is 4. The number of nitrogens with zero attached hydrogens (tertiary/aromatic N) is 2. The van der Waals surface area contributed by atoms with Gasteiger partial charge < -0.3 is 14.4 Å². The molecule has 1 aromatic heterocycles. The lowest BCUT2D eigenvalue weighted by molar-refractivity contribution is 0.353. The first kappa shape index (κ1) is 16.7. The Morgan fingerprint density at radius 3 is 2.50 bits per heavy atom. The highest BCUT2D eigenvalue weighted by atomic mass is 16.5. The number of hydrogen-bond acceptors (Lipinski definition) is 4. The van der Waals surface area contributed by atoms with E-state index in [9.17, 15) is 0 Å². The maximum atomic E-state index is 5.46. The van der Waals surface area contributed by atoms with Crippen molar-refractivity contribution in [1.82, 2.24) is 4.98 Å². The number of aromatic nitrogens is 1. The zero-order chi connectivity index (χ0) is 17.9. The summed E-state index contributed by atoms with van der Waals surface area (Å²) in [5.41, 5.74) is 3.68. The maximum Gasteiger partial charge on any atom is 0.160 e. The van der Waals surface area contributed by atoms with Crippen molar-refractivity contribution in [1.29, 1.82) is 0 Å². The van der Waals surface area contributed by atoms with E-state index >= 15 is 0 Å². The van der Waals surface area contributed by atoms with E-state index in [0.29, 0.717) is 5.92 Å². The highest BCUT2D eigenvalue weighted by Gasteiger charge is 2.22. The average molecular weight is 348 g/mol. The largest absolute Gasteiger partial charge is 0.493 e. The zero-order valence-electron chi connectivity index (χ0n) is 15.3. The zero-order valence-corrected chi connectivity index (χ0v) is 15.3. The molecule has 0 aliphatic carbocycles. The third-order valence-corrected chi connectivity index (χ3v) is 5.33. The first-order valence-corrected chi connectivity index (χ1v) is 9.10. The fourth-order valence-electron chi connectivity index (χ4n) is 3.84. The molecule has 1 saturated heterocycles. The van der Waals surface area contributed by atoms with Gasteiger partial charge in [0.25, 0.3) is 0 Å². The van der Waals surface area contributed by atoms with E-state index in [2.05, 4.69) is 46.3 Å². The Morgan fingerprint density at radius 2 is 1.73 bits per heavy atom. The molecule has 2 aromatic carbocycles. The molecule has 0 spiro atoms. The molecule has 1 fully saturated rings. The first-order chi connectivity index (χ1) is 12.8. The van der Waals surface area contributed by atoms with E-state index in [-0.39, 0.29) is 0 Å². The number of piperidine rings is 1. The summed E-state index contributed by atoms with van der Waals surface area (Å²) >= 11 is 0. The number of pyridine rings is 1. The summed E-state index contributed by atoms with van der Waals surface area (Å²) in [6.07, 6.45) is 4.12. The van der Waals surface area contributed by atoms with Crippen LogP contribution in [0.1, 0.15) is 24.3 Å². The van der Waals surface area contributed by atoms with Crippen LogP contribution in [0.2, 0.25) is 0 Å². The van der Waals surface area contributed by atoms with Crippen molar-refractivity contribution in [3.05, 3.63) is 60.3 Å². The monoisotopic (exact) mass is 348 g/mol. The van der Waals surface area contributed by atoms with Gasteiger partial charge in [0, 0.05) is 30.4 Å². The van der Waals surface area contributed by atoms with Gasteiger partial charge in [-0.2, -0.15) is 0 Å². The van der Waals surface area contributed by atoms with E-state index in [1.807, 2.05) is 18.3 Å². The van der Waals surface area contributed by atoms with E-state index < -0.39 is 0 Å². The molecule has 2 heterocycles. The smallest absolute Gasteiger partial charge is 0.160 e. The minimum atomic E-state index is 0.563. The second-order valence-electron chi connectivity index (χ2n) is 6.76. The topological polar surface area (TPSA) is 34.6 Å². The molecule has 0 bridgehead atoms. The average Bonchev–Trinajstić information content (AvgIpc) is 2.73. The number of hydrogen-bond donors (Lipinski definition) is 0. The Hall–Kier alpha value is -2.75. The van der Waals surface area contributed by atoms with Gasteiger partial charge in [0.2, 0.25) is 0 Å². The Balaban J connectivity index is 1.48. The highest BCUT2D eigenvalue weighted by Crippen LogP contribution is 2.36. The van der Waals surface area contributed by atoms with Crippen LogP contribution >= 0.6 is 0 Å². The molecule has 1 aliphatic rings. The molecule has 4 rings (SSSR count).